The van der Waals surface area contributed by atoms with Gasteiger partial charge >= 0.3 is 7.12 Å². The Morgan fingerprint density at radius 1 is 1.22 bits per heavy atom. The SMILES string of the molecule is CC1CCN(C(=O)c2cc(B3OC(C)(C)C(C)(C)O3)cs2)CC1. The fourth-order valence-electron chi connectivity index (χ4n) is 2.93. The van der Waals surface area contributed by atoms with Crippen molar-refractivity contribution < 1.29 is 14.1 Å². The zero-order valence-electron chi connectivity index (χ0n) is 14.7. The minimum Gasteiger partial charge on any atom is -0.399 e. The third-order valence-electron chi connectivity index (χ3n) is 5.43. The maximum atomic E-state index is 12.6. The average Bonchev–Trinajstić information content (AvgIpc) is 3.02. The second-order valence-electron chi connectivity index (χ2n) is 7.81. The third-order valence-corrected chi connectivity index (χ3v) is 6.36. The number of amides is 1. The molecule has 3 rings (SSSR count). The van der Waals surface area contributed by atoms with Crippen LogP contribution in [0.3, 0.4) is 0 Å². The zero-order valence-corrected chi connectivity index (χ0v) is 15.5. The summed E-state index contributed by atoms with van der Waals surface area (Å²) in [5.74, 6) is 0.868. The molecule has 23 heavy (non-hydrogen) atoms. The van der Waals surface area contributed by atoms with Gasteiger partial charge in [-0.25, -0.2) is 0 Å². The summed E-state index contributed by atoms with van der Waals surface area (Å²) in [4.78, 5) is 15.4. The Morgan fingerprint density at radius 2 is 1.78 bits per heavy atom. The van der Waals surface area contributed by atoms with Crippen molar-refractivity contribution >= 4 is 29.8 Å². The summed E-state index contributed by atoms with van der Waals surface area (Å²) < 4.78 is 12.1. The monoisotopic (exact) mass is 335 g/mol. The Labute approximate surface area is 143 Å². The van der Waals surface area contributed by atoms with E-state index in [1.807, 2.05) is 44.0 Å². The van der Waals surface area contributed by atoms with Crippen LogP contribution in [0, 0.1) is 5.92 Å². The van der Waals surface area contributed by atoms with Crippen molar-refractivity contribution in [3.63, 3.8) is 0 Å². The minimum absolute atomic E-state index is 0.143. The topological polar surface area (TPSA) is 38.8 Å². The number of carbonyl (C=O) groups is 1. The number of likely N-dealkylation sites (tertiary alicyclic amines) is 1. The van der Waals surface area contributed by atoms with Crippen molar-refractivity contribution in [1.82, 2.24) is 4.90 Å². The lowest BCUT2D eigenvalue weighted by atomic mass is 9.81. The molecule has 0 radical (unpaired) electrons. The van der Waals surface area contributed by atoms with Crippen LogP contribution in [0.1, 0.15) is 57.1 Å². The third kappa shape index (κ3) is 3.21. The van der Waals surface area contributed by atoms with Gasteiger partial charge in [-0.15, -0.1) is 11.3 Å². The molecule has 0 N–H and O–H groups in total. The van der Waals surface area contributed by atoms with Crippen molar-refractivity contribution in [3.05, 3.63) is 16.3 Å². The van der Waals surface area contributed by atoms with Crippen molar-refractivity contribution in [2.75, 3.05) is 13.1 Å². The van der Waals surface area contributed by atoms with E-state index < -0.39 is 0 Å². The van der Waals surface area contributed by atoms with E-state index in [9.17, 15) is 4.79 Å². The molecule has 126 valence electrons. The van der Waals surface area contributed by atoms with Gasteiger partial charge in [0.05, 0.1) is 16.1 Å². The van der Waals surface area contributed by atoms with E-state index in [1.165, 1.54) is 11.3 Å². The van der Waals surface area contributed by atoms with Crippen molar-refractivity contribution in [3.8, 4) is 0 Å². The Bertz CT molecular complexity index is 574. The van der Waals surface area contributed by atoms with E-state index in [4.69, 9.17) is 9.31 Å². The summed E-state index contributed by atoms with van der Waals surface area (Å²) >= 11 is 1.49. The molecular formula is C17H26BNO3S. The van der Waals surface area contributed by atoms with Crippen LogP contribution in [0.5, 0.6) is 0 Å². The van der Waals surface area contributed by atoms with E-state index in [2.05, 4.69) is 6.92 Å². The maximum absolute atomic E-state index is 12.6. The maximum Gasteiger partial charge on any atom is 0.495 e. The Morgan fingerprint density at radius 3 is 2.35 bits per heavy atom. The summed E-state index contributed by atoms with van der Waals surface area (Å²) in [5, 5.41) is 1.99. The second kappa shape index (κ2) is 5.90. The van der Waals surface area contributed by atoms with Crippen LogP contribution in [0.2, 0.25) is 0 Å². The summed E-state index contributed by atoms with van der Waals surface area (Å²) in [7, 11) is -0.390. The minimum atomic E-state index is -0.390. The number of rotatable bonds is 2. The van der Waals surface area contributed by atoms with Gasteiger partial charge in [0.2, 0.25) is 0 Å². The molecule has 2 fully saturated rings. The van der Waals surface area contributed by atoms with E-state index in [0.29, 0.717) is 0 Å². The highest BCUT2D eigenvalue weighted by molar-refractivity contribution is 7.13. The molecule has 6 heteroatoms. The fourth-order valence-corrected chi connectivity index (χ4v) is 3.81. The highest BCUT2D eigenvalue weighted by Gasteiger charge is 2.52. The molecule has 1 aromatic heterocycles. The lowest BCUT2D eigenvalue weighted by Gasteiger charge is -2.32. The molecule has 0 atom stereocenters. The van der Waals surface area contributed by atoms with Gasteiger partial charge in [0.25, 0.3) is 5.91 Å². The standard InChI is InChI=1S/C17H26BNO3S/c1-12-6-8-19(9-7-12)15(20)14-10-13(11-23-14)18-21-16(2,3)17(4,5)22-18/h10-12H,6-9H2,1-5H3. The van der Waals surface area contributed by atoms with Crippen LogP contribution in [0.25, 0.3) is 0 Å². The van der Waals surface area contributed by atoms with E-state index in [-0.39, 0.29) is 24.2 Å². The molecule has 0 spiro atoms. The first-order valence-electron chi connectivity index (χ1n) is 8.43. The molecule has 1 aromatic rings. The van der Waals surface area contributed by atoms with Gasteiger partial charge in [0.15, 0.2) is 0 Å². The molecular weight excluding hydrogens is 309 g/mol. The summed E-state index contributed by atoms with van der Waals surface area (Å²) in [5.41, 5.74) is 0.238. The summed E-state index contributed by atoms with van der Waals surface area (Å²) in [6.45, 7) is 12.2. The predicted molar refractivity (Wildman–Crippen MR) is 94.3 cm³/mol. The fraction of sp³-hybridized carbons (Fsp3) is 0.706. The van der Waals surface area contributed by atoms with Gasteiger partial charge in [-0.2, -0.15) is 0 Å². The van der Waals surface area contributed by atoms with Gasteiger partial charge in [-0.3, -0.25) is 4.79 Å². The lowest BCUT2D eigenvalue weighted by molar-refractivity contribution is 0.00578. The normalized spacial score (nSPS) is 24.2. The number of thiophene rings is 1. The van der Waals surface area contributed by atoms with Crippen LogP contribution in [0.4, 0.5) is 0 Å². The van der Waals surface area contributed by atoms with Crippen molar-refractivity contribution in [2.24, 2.45) is 5.92 Å². The number of hydrogen-bond acceptors (Lipinski definition) is 4. The number of nitrogens with zero attached hydrogens (tertiary/aromatic N) is 1. The van der Waals surface area contributed by atoms with Crippen LogP contribution < -0.4 is 5.46 Å². The van der Waals surface area contributed by atoms with E-state index in [1.54, 1.807) is 0 Å². The summed E-state index contributed by atoms with van der Waals surface area (Å²) in [6.07, 6.45) is 2.20. The Hall–Kier alpha value is -0.845. The first-order valence-corrected chi connectivity index (χ1v) is 9.31. The number of piperidine rings is 1. The smallest absolute Gasteiger partial charge is 0.399 e. The molecule has 0 saturated carbocycles. The quantitative estimate of drug-likeness (QED) is 0.780. The first kappa shape index (κ1) is 17.0. The van der Waals surface area contributed by atoms with E-state index in [0.717, 1.165) is 42.2 Å². The highest BCUT2D eigenvalue weighted by atomic mass is 32.1. The molecule has 0 unspecified atom stereocenters. The molecule has 3 heterocycles. The second-order valence-corrected chi connectivity index (χ2v) is 8.72. The first-order chi connectivity index (χ1) is 10.7. The predicted octanol–water partition coefficient (Wildman–Crippen LogP) is 2.92. The zero-order chi connectivity index (χ0) is 16.8. The van der Waals surface area contributed by atoms with Crippen molar-refractivity contribution in [2.45, 2.75) is 58.7 Å². The van der Waals surface area contributed by atoms with Gasteiger partial charge in [-0.05, 0) is 63.4 Å². The Kier molecular flexibility index (Phi) is 4.36. The average molecular weight is 335 g/mol. The molecule has 0 aliphatic carbocycles. The van der Waals surface area contributed by atoms with E-state index >= 15 is 0 Å². The molecule has 2 saturated heterocycles. The van der Waals surface area contributed by atoms with Crippen LogP contribution in [-0.2, 0) is 9.31 Å². The van der Waals surface area contributed by atoms with Crippen LogP contribution >= 0.6 is 11.3 Å². The lowest BCUT2D eigenvalue weighted by Crippen LogP contribution is -2.41. The van der Waals surface area contributed by atoms with Crippen molar-refractivity contribution in [1.29, 1.82) is 0 Å². The molecule has 2 aliphatic rings. The summed E-state index contributed by atoms with van der Waals surface area (Å²) in [6, 6.07) is 1.94. The van der Waals surface area contributed by atoms with Gasteiger partial charge in [0.1, 0.15) is 0 Å². The molecule has 0 bridgehead atoms. The van der Waals surface area contributed by atoms with Crippen LogP contribution in [-0.4, -0.2) is 42.2 Å². The van der Waals surface area contributed by atoms with Crippen LogP contribution in [0.15, 0.2) is 11.4 Å². The molecule has 0 aromatic carbocycles. The molecule has 4 nitrogen and oxygen atoms in total. The van der Waals surface area contributed by atoms with Gasteiger partial charge < -0.3 is 14.2 Å². The largest absolute Gasteiger partial charge is 0.495 e. The highest BCUT2D eigenvalue weighted by Crippen LogP contribution is 2.36. The van der Waals surface area contributed by atoms with Gasteiger partial charge in [0, 0.05) is 13.1 Å². The Balaban J connectivity index is 1.70. The molecule has 2 aliphatic heterocycles. The number of hydrogen-bond donors (Lipinski definition) is 0. The number of carbonyl (C=O) groups excluding carboxylic acids is 1. The van der Waals surface area contributed by atoms with Gasteiger partial charge in [-0.1, -0.05) is 6.92 Å². The molecule has 1 amide bonds.